The quantitative estimate of drug-likeness (QED) is 0.774. The van der Waals surface area contributed by atoms with E-state index in [9.17, 15) is 19.8 Å². The molecular formula is C18H24N2O4. The highest BCUT2D eigenvalue weighted by Gasteiger charge is 2.60. The second kappa shape index (κ2) is 5.84. The second-order valence-electron chi connectivity index (χ2n) is 7.17. The van der Waals surface area contributed by atoms with Crippen LogP contribution in [0.4, 0.5) is 0 Å². The lowest BCUT2D eigenvalue weighted by molar-refractivity contribution is -0.165. The van der Waals surface area contributed by atoms with Gasteiger partial charge < -0.3 is 10.2 Å². The fourth-order valence-corrected chi connectivity index (χ4v) is 4.26. The van der Waals surface area contributed by atoms with Gasteiger partial charge in [0.25, 0.3) is 0 Å². The molecule has 2 unspecified atom stereocenters. The summed E-state index contributed by atoms with van der Waals surface area (Å²) in [4.78, 5) is 30.8. The number of nitrogens with zero attached hydrogens (tertiary/aromatic N) is 2. The number of rotatable bonds is 3. The fraction of sp³-hybridized carbons (Fsp3) is 0.611. The molecule has 0 saturated carbocycles. The van der Waals surface area contributed by atoms with E-state index in [1.54, 1.807) is 4.90 Å². The zero-order chi connectivity index (χ0) is 17.5. The van der Waals surface area contributed by atoms with Crippen LogP contribution < -0.4 is 0 Å². The Bertz CT molecular complexity index is 679. The molecule has 0 radical (unpaired) electrons. The predicted molar refractivity (Wildman–Crippen MR) is 90.3 cm³/mol. The van der Waals surface area contributed by atoms with Crippen molar-refractivity contribution in [1.29, 1.82) is 0 Å². The van der Waals surface area contributed by atoms with Gasteiger partial charge in [0.2, 0.25) is 0 Å². The van der Waals surface area contributed by atoms with Crippen LogP contribution in [-0.4, -0.2) is 56.9 Å². The summed E-state index contributed by atoms with van der Waals surface area (Å²) in [5.74, 6) is -1.92. The molecule has 0 aromatic carbocycles. The van der Waals surface area contributed by atoms with E-state index in [4.69, 9.17) is 0 Å². The van der Waals surface area contributed by atoms with Gasteiger partial charge in [-0.2, -0.15) is 0 Å². The van der Waals surface area contributed by atoms with Crippen molar-refractivity contribution in [1.82, 2.24) is 4.90 Å². The van der Waals surface area contributed by atoms with Crippen molar-refractivity contribution in [3.63, 3.8) is 0 Å². The van der Waals surface area contributed by atoms with Gasteiger partial charge in [-0.05, 0) is 52.0 Å². The van der Waals surface area contributed by atoms with E-state index in [1.807, 2.05) is 26.0 Å². The van der Waals surface area contributed by atoms with Gasteiger partial charge in [0.1, 0.15) is 5.54 Å². The minimum Gasteiger partial charge on any atom is -0.480 e. The standard InChI is InChI=1S/C18H24N2O4/c1-12-3-6-17(7-4-12,15(21)22)20-10-9-19-14-11-13(2)5-8-18(14,20)16(23)24/h3,11H,4-10H2,1-2H3,(H,21,22)(H,23,24). The molecule has 1 heterocycles. The average molecular weight is 332 g/mol. The van der Waals surface area contributed by atoms with Crippen LogP contribution in [0.3, 0.4) is 0 Å². The van der Waals surface area contributed by atoms with Crippen LogP contribution in [0.1, 0.15) is 46.0 Å². The molecule has 0 bridgehead atoms. The molecule has 0 amide bonds. The number of fused-ring (bicyclic) bond motifs is 1. The summed E-state index contributed by atoms with van der Waals surface area (Å²) < 4.78 is 0. The first-order valence-corrected chi connectivity index (χ1v) is 8.45. The molecule has 6 nitrogen and oxygen atoms in total. The van der Waals surface area contributed by atoms with Crippen LogP contribution in [0.25, 0.3) is 0 Å². The maximum atomic E-state index is 12.3. The molecule has 3 aliphatic rings. The topological polar surface area (TPSA) is 90.2 Å². The van der Waals surface area contributed by atoms with E-state index in [-0.39, 0.29) is 0 Å². The van der Waals surface area contributed by atoms with Crippen molar-refractivity contribution in [2.45, 2.75) is 57.0 Å². The second-order valence-corrected chi connectivity index (χ2v) is 7.17. The molecule has 1 aliphatic heterocycles. The van der Waals surface area contributed by atoms with Crippen LogP contribution >= 0.6 is 0 Å². The van der Waals surface area contributed by atoms with Crippen molar-refractivity contribution >= 4 is 17.7 Å². The van der Waals surface area contributed by atoms with E-state index in [0.717, 1.165) is 5.57 Å². The van der Waals surface area contributed by atoms with Crippen LogP contribution in [0.5, 0.6) is 0 Å². The first kappa shape index (κ1) is 16.9. The number of allylic oxidation sites excluding steroid dienone is 2. The summed E-state index contributed by atoms with van der Waals surface area (Å²) in [5.41, 5.74) is 0.280. The van der Waals surface area contributed by atoms with E-state index in [1.165, 1.54) is 5.57 Å². The number of hydrogen-bond acceptors (Lipinski definition) is 4. The summed E-state index contributed by atoms with van der Waals surface area (Å²) in [7, 11) is 0. The molecule has 2 atom stereocenters. The summed E-state index contributed by atoms with van der Waals surface area (Å²) in [6.07, 6.45) is 6.27. The maximum Gasteiger partial charge on any atom is 0.330 e. The summed E-state index contributed by atoms with van der Waals surface area (Å²) in [6, 6.07) is 0. The normalized spacial score (nSPS) is 33.8. The Kier molecular flexibility index (Phi) is 4.11. The van der Waals surface area contributed by atoms with Gasteiger partial charge >= 0.3 is 11.9 Å². The Balaban J connectivity index is 2.14. The first-order chi connectivity index (χ1) is 11.3. The average Bonchev–Trinajstić information content (AvgIpc) is 2.54. The molecule has 0 fully saturated rings. The van der Waals surface area contributed by atoms with Gasteiger partial charge in [-0.15, -0.1) is 0 Å². The SMILES string of the molecule is CC1=CCC(C(=O)O)(N2CCN=C3C=C(C)CCC32C(=O)O)CC1. The van der Waals surface area contributed by atoms with Crippen LogP contribution in [0, 0.1) is 0 Å². The number of carbonyl (C=O) groups is 2. The van der Waals surface area contributed by atoms with E-state index < -0.39 is 23.0 Å². The third-order valence-corrected chi connectivity index (χ3v) is 5.74. The van der Waals surface area contributed by atoms with E-state index in [2.05, 4.69) is 4.99 Å². The largest absolute Gasteiger partial charge is 0.480 e. The van der Waals surface area contributed by atoms with Crippen LogP contribution in [0.15, 0.2) is 28.3 Å². The van der Waals surface area contributed by atoms with Gasteiger partial charge in [-0.25, -0.2) is 4.79 Å². The molecule has 0 spiro atoms. The third kappa shape index (κ3) is 2.32. The lowest BCUT2D eigenvalue weighted by Crippen LogP contribution is -2.72. The highest BCUT2D eigenvalue weighted by atomic mass is 16.4. The molecule has 2 N–H and O–H groups in total. The molecule has 130 valence electrons. The predicted octanol–water partition coefficient (Wildman–Crippen LogP) is 2.26. The highest BCUT2D eigenvalue weighted by Crippen LogP contribution is 2.43. The maximum absolute atomic E-state index is 12.3. The zero-order valence-electron chi connectivity index (χ0n) is 14.2. The summed E-state index contributed by atoms with van der Waals surface area (Å²) in [5, 5.41) is 20.1. The molecule has 2 aliphatic carbocycles. The Hall–Kier alpha value is -1.95. The Labute approximate surface area is 141 Å². The van der Waals surface area contributed by atoms with Crippen molar-refractivity contribution in [2.75, 3.05) is 13.1 Å². The molecule has 3 rings (SSSR count). The van der Waals surface area contributed by atoms with Crippen molar-refractivity contribution in [3.8, 4) is 0 Å². The van der Waals surface area contributed by atoms with Crippen molar-refractivity contribution in [3.05, 3.63) is 23.3 Å². The molecule has 6 heteroatoms. The zero-order valence-corrected chi connectivity index (χ0v) is 14.2. The minimum absolute atomic E-state index is 0.346. The van der Waals surface area contributed by atoms with Crippen LogP contribution in [0.2, 0.25) is 0 Å². The Morgan fingerprint density at radius 3 is 2.42 bits per heavy atom. The van der Waals surface area contributed by atoms with Gasteiger partial charge in [0, 0.05) is 6.54 Å². The lowest BCUT2D eigenvalue weighted by Gasteiger charge is -2.53. The molecular weight excluding hydrogens is 308 g/mol. The number of carboxylic acid groups (broad SMARTS) is 2. The van der Waals surface area contributed by atoms with Crippen molar-refractivity contribution < 1.29 is 19.8 Å². The minimum atomic E-state index is -1.32. The number of hydrogen-bond donors (Lipinski definition) is 2. The summed E-state index contributed by atoms with van der Waals surface area (Å²) in [6.45, 7) is 4.76. The third-order valence-electron chi connectivity index (χ3n) is 5.74. The van der Waals surface area contributed by atoms with Gasteiger partial charge in [-0.1, -0.05) is 17.2 Å². The van der Waals surface area contributed by atoms with Crippen molar-refractivity contribution in [2.24, 2.45) is 4.99 Å². The molecule has 24 heavy (non-hydrogen) atoms. The highest BCUT2D eigenvalue weighted by molar-refractivity contribution is 6.17. The van der Waals surface area contributed by atoms with E-state index in [0.29, 0.717) is 50.9 Å². The number of aliphatic imine (C=N–C) groups is 1. The number of aliphatic carboxylic acids is 2. The smallest absolute Gasteiger partial charge is 0.330 e. The Morgan fingerprint density at radius 1 is 1.12 bits per heavy atom. The lowest BCUT2D eigenvalue weighted by atomic mass is 9.72. The van der Waals surface area contributed by atoms with Gasteiger partial charge in [0.15, 0.2) is 5.54 Å². The molecule has 0 aromatic rings. The monoisotopic (exact) mass is 332 g/mol. The fourth-order valence-electron chi connectivity index (χ4n) is 4.26. The molecule has 0 saturated heterocycles. The Morgan fingerprint density at radius 2 is 1.83 bits per heavy atom. The summed E-state index contributed by atoms with van der Waals surface area (Å²) >= 11 is 0. The van der Waals surface area contributed by atoms with Gasteiger partial charge in [0.05, 0.1) is 12.3 Å². The van der Waals surface area contributed by atoms with Gasteiger partial charge in [-0.3, -0.25) is 14.7 Å². The number of carboxylic acids is 2. The first-order valence-electron chi connectivity index (χ1n) is 8.45. The van der Waals surface area contributed by atoms with E-state index >= 15 is 0 Å². The van der Waals surface area contributed by atoms with Crippen LogP contribution in [-0.2, 0) is 9.59 Å². The molecule has 0 aromatic heterocycles.